The second kappa shape index (κ2) is 6.16. The Morgan fingerprint density at radius 3 is 2.78 bits per heavy atom. The van der Waals surface area contributed by atoms with Crippen LogP contribution in [0.5, 0.6) is 0 Å². The highest BCUT2D eigenvalue weighted by Crippen LogP contribution is 2.28. The number of aromatic nitrogens is 2. The number of amides is 1. The summed E-state index contributed by atoms with van der Waals surface area (Å²) in [6.07, 6.45) is 3.99. The lowest BCUT2D eigenvalue weighted by molar-refractivity contribution is 0.0929. The molecule has 1 N–H and O–H groups in total. The molecule has 120 valence electrons. The molecular formula is C18H22N4O. The molecule has 0 radical (unpaired) electrons. The lowest BCUT2D eigenvalue weighted by Crippen LogP contribution is -2.44. The first-order valence-electron chi connectivity index (χ1n) is 8.42. The number of carbonyl (C=O) groups is 1. The summed E-state index contributed by atoms with van der Waals surface area (Å²) in [4.78, 5) is 14.9. The first-order chi connectivity index (χ1) is 11.3. The molecule has 0 unspecified atom stereocenters. The summed E-state index contributed by atoms with van der Waals surface area (Å²) >= 11 is 0. The Labute approximate surface area is 136 Å². The Bertz CT molecular complexity index is 690. The maximum atomic E-state index is 12.3. The van der Waals surface area contributed by atoms with Gasteiger partial charge in [-0.3, -0.25) is 14.4 Å². The molecule has 0 bridgehead atoms. The number of benzene rings is 1. The Morgan fingerprint density at radius 2 is 2.04 bits per heavy atom. The van der Waals surface area contributed by atoms with E-state index >= 15 is 0 Å². The number of hydrogen-bond donors (Lipinski definition) is 1. The molecule has 1 amide bonds. The van der Waals surface area contributed by atoms with Crippen molar-refractivity contribution in [2.24, 2.45) is 0 Å². The van der Waals surface area contributed by atoms with Crippen molar-refractivity contribution in [3.8, 4) is 0 Å². The molecule has 5 heteroatoms. The van der Waals surface area contributed by atoms with Gasteiger partial charge in [-0.2, -0.15) is 5.10 Å². The van der Waals surface area contributed by atoms with E-state index in [9.17, 15) is 4.79 Å². The maximum Gasteiger partial charge on any atom is 0.272 e. The summed E-state index contributed by atoms with van der Waals surface area (Å²) in [5.41, 5.74) is 2.79. The predicted molar refractivity (Wildman–Crippen MR) is 87.9 cm³/mol. The van der Waals surface area contributed by atoms with Crippen LogP contribution in [0.4, 0.5) is 0 Å². The standard InChI is InChI=1S/C18H22N4O/c23-18(19-12-14-5-2-1-3-6-14)17-11-16-13-21(15-7-4-8-15)9-10-22(16)20-17/h1-3,5-6,11,15H,4,7-10,12-13H2,(H,19,23). The second-order valence-electron chi connectivity index (χ2n) is 6.47. The molecule has 1 saturated carbocycles. The van der Waals surface area contributed by atoms with Gasteiger partial charge in [-0.15, -0.1) is 0 Å². The molecule has 2 aromatic rings. The molecule has 1 fully saturated rings. The zero-order chi connectivity index (χ0) is 15.6. The third-order valence-corrected chi connectivity index (χ3v) is 4.95. The van der Waals surface area contributed by atoms with Crippen LogP contribution in [0, 0.1) is 0 Å². The largest absolute Gasteiger partial charge is 0.347 e. The summed E-state index contributed by atoms with van der Waals surface area (Å²) in [5, 5.41) is 7.43. The van der Waals surface area contributed by atoms with Gasteiger partial charge >= 0.3 is 0 Å². The summed E-state index contributed by atoms with van der Waals surface area (Å²) in [7, 11) is 0. The number of hydrogen-bond acceptors (Lipinski definition) is 3. The van der Waals surface area contributed by atoms with E-state index in [1.54, 1.807) is 0 Å². The molecule has 1 aromatic carbocycles. The van der Waals surface area contributed by atoms with Gasteiger partial charge in [0.15, 0.2) is 5.69 Å². The second-order valence-corrected chi connectivity index (χ2v) is 6.47. The number of carbonyl (C=O) groups excluding carboxylic acids is 1. The van der Waals surface area contributed by atoms with Crippen LogP contribution in [-0.4, -0.2) is 33.2 Å². The monoisotopic (exact) mass is 310 g/mol. The smallest absolute Gasteiger partial charge is 0.272 e. The maximum absolute atomic E-state index is 12.3. The molecule has 1 aliphatic heterocycles. The van der Waals surface area contributed by atoms with Crippen molar-refractivity contribution >= 4 is 5.91 Å². The van der Waals surface area contributed by atoms with E-state index in [-0.39, 0.29) is 5.91 Å². The summed E-state index contributed by atoms with van der Waals surface area (Å²) in [5.74, 6) is -0.0917. The third-order valence-electron chi connectivity index (χ3n) is 4.95. The van der Waals surface area contributed by atoms with Crippen LogP contribution in [0.3, 0.4) is 0 Å². The van der Waals surface area contributed by atoms with Crippen molar-refractivity contribution in [3.05, 3.63) is 53.3 Å². The van der Waals surface area contributed by atoms with Crippen LogP contribution in [0.15, 0.2) is 36.4 Å². The summed E-state index contributed by atoms with van der Waals surface area (Å²) in [6, 6.07) is 12.6. The topological polar surface area (TPSA) is 50.2 Å². The Balaban J connectivity index is 1.40. The molecule has 4 rings (SSSR count). The van der Waals surface area contributed by atoms with Crippen molar-refractivity contribution in [1.82, 2.24) is 20.0 Å². The fourth-order valence-corrected chi connectivity index (χ4v) is 3.33. The molecule has 1 aliphatic carbocycles. The van der Waals surface area contributed by atoms with E-state index in [1.165, 1.54) is 19.3 Å². The average Bonchev–Trinajstić information content (AvgIpc) is 2.95. The van der Waals surface area contributed by atoms with Gasteiger partial charge in [0.2, 0.25) is 0 Å². The van der Waals surface area contributed by atoms with Gasteiger partial charge in [0.25, 0.3) is 5.91 Å². The van der Waals surface area contributed by atoms with Crippen molar-refractivity contribution in [3.63, 3.8) is 0 Å². The van der Waals surface area contributed by atoms with Crippen LogP contribution in [0.1, 0.15) is 41.0 Å². The van der Waals surface area contributed by atoms with Crippen molar-refractivity contribution in [2.75, 3.05) is 6.54 Å². The van der Waals surface area contributed by atoms with E-state index in [1.807, 2.05) is 41.1 Å². The van der Waals surface area contributed by atoms with E-state index < -0.39 is 0 Å². The third kappa shape index (κ3) is 3.01. The van der Waals surface area contributed by atoms with E-state index in [0.29, 0.717) is 12.2 Å². The average molecular weight is 310 g/mol. The zero-order valence-corrected chi connectivity index (χ0v) is 13.2. The molecule has 0 spiro atoms. The number of nitrogens with zero attached hydrogens (tertiary/aromatic N) is 3. The molecule has 5 nitrogen and oxygen atoms in total. The Kier molecular flexibility index (Phi) is 3.87. The SMILES string of the molecule is O=C(NCc1ccccc1)c1cc2n(n1)CCN(C1CCC1)C2. The van der Waals surface area contributed by atoms with Crippen LogP contribution >= 0.6 is 0 Å². The van der Waals surface area contributed by atoms with Crippen molar-refractivity contribution in [1.29, 1.82) is 0 Å². The summed E-state index contributed by atoms with van der Waals surface area (Å²) in [6.45, 7) is 3.39. The quantitative estimate of drug-likeness (QED) is 0.942. The van der Waals surface area contributed by atoms with Gasteiger partial charge in [0.1, 0.15) is 0 Å². The van der Waals surface area contributed by atoms with Gasteiger partial charge < -0.3 is 5.32 Å². The van der Waals surface area contributed by atoms with Crippen molar-refractivity contribution < 1.29 is 4.79 Å². The first-order valence-corrected chi connectivity index (χ1v) is 8.42. The Hall–Kier alpha value is -2.14. The normalized spacial score (nSPS) is 18.3. The fourth-order valence-electron chi connectivity index (χ4n) is 3.33. The van der Waals surface area contributed by atoms with Gasteiger partial charge in [-0.1, -0.05) is 36.8 Å². The van der Waals surface area contributed by atoms with E-state index in [0.717, 1.165) is 36.9 Å². The highest BCUT2D eigenvalue weighted by atomic mass is 16.1. The molecule has 2 aliphatic rings. The Morgan fingerprint density at radius 1 is 1.22 bits per heavy atom. The molecule has 2 heterocycles. The number of nitrogens with one attached hydrogen (secondary N) is 1. The number of fused-ring (bicyclic) bond motifs is 1. The zero-order valence-electron chi connectivity index (χ0n) is 13.2. The molecule has 1 aromatic heterocycles. The number of rotatable bonds is 4. The predicted octanol–water partition coefficient (Wildman–Crippen LogP) is 2.18. The lowest BCUT2D eigenvalue weighted by Gasteiger charge is -2.39. The van der Waals surface area contributed by atoms with Gasteiger partial charge in [-0.25, -0.2) is 0 Å². The molecular weight excluding hydrogens is 288 g/mol. The van der Waals surface area contributed by atoms with Crippen LogP contribution < -0.4 is 5.32 Å². The van der Waals surface area contributed by atoms with Crippen molar-refractivity contribution in [2.45, 2.75) is 44.9 Å². The van der Waals surface area contributed by atoms with E-state index in [2.05, 4.69) is 15.3 Å². The van der Waals surface area contributed by atoms with E-state index in [4.69, 9.17) is 0 Å². The van der Waals surface area contributed by atoms with Crippen LogP contribution in [0.2, 0.25) is 0 Å². The minimum atomic E-state index is -0.0917. The molecule has 0 saturated heterocycles. The molecule has 23 heavy (non-hydrogen) atoms. The first kappa shape index (κ1) is 14.5. The highest BCUT2D eigenvalue weighted by molar-refractivity contribution is 5.92. The minimum absolute atomic E-state index is 0.0917. The fraction of sp³-hybridized carbons (Fsp3) is 0.444. The van der Waals surface area contributed by atoms with Gasteiger partial charge in [0.05, 0.1) is 12.2 Å². The van der Waals surface area contributed by atoms with Crippen LogP contribution in [-0.2, 0) is 19.6 Å². The van der Waals surface area contributed by atoms with Gasteiger partial charge in [-0.05, 0) is 24.5 Å². The molecule has 0 atom stereocenters. The van der Waals surface area contributed by atoms with Crippen LogP contribution in [0.25, 0.3) is 0 Å². The lowest BCUT2D eigenvalue weighted by atomic mass is 9.91. The highest BCUT2D eigenvalue weighted by Gasteiger charge is 2.29. The summed E-state index contributed by atoms with van der Waals surface area (Å²) < 4.78 is 1.99. The van der Waals surface area contributed by atoms with Gasteiger partial charge in [0, 0.05) is 25.7 Å². The minimum Gasteiger partial charge on any atom is -0.347 e.